The maximum atomic E-state index is 12.8. The molecule has 29 heavy (non-hydrogen) atoms. The Morgan fingerprint density at radius 2 is 1.79 bits per heavy atom. The van der Waals surface area contributed by atoms with E-state index < -0.39 is 7.60 Å². The highest BCUT2D eigenvalue weighted by Gasteiger charge is 2.27. The van der Waals surface area contributed by atoms with Crippen molar-refractivity contribution in [3.63, 3.8) is 0 Å². The number of rotatable bonds is 5. The lowest BCUT2D eigenvalue weighted by molar-refractivity contribution is 0.192. The summed E-state index contributed by atoms with van der Waals surface area (Å²) in [5.41, 5.74) is 2.76. The van der Waals surface area contributed by atoms with Gasteiger partial charge in [0.25, 0.3) is 0 Å². The molecule has 0 aliphatic carbocycles. The van der Waals surface area contributed by atoms with Gasteiger partial charge in [-0.25, -0.2) is 4.98 Å². The normalized spacial score (nSPS) is 14.8. The van der Waals surface area contributed by atoms with Crippen molar-refractivity contribution in [3.05, 3.63) is 70.3 Å². The van der Waals surface area contributed by atoms with E-state index in [2.05, 4.69) is 57.9 Å². The van der Waals surface area contributed by atoms with Crippen LogP contribution in [0.25, 0.3) is 32.8 Å². The number of pyridine rings is 1. The second kappa shape index (κ2) is 8.15. The number of halogens is 1. The molecule has 0 fully saturated rings. The van der Waals surface area contributed by atoms with Crippen LogP contribution in [-0.4, -0.2) is 16.0 Å². The Morgan fingerprint density at radius 3 is 2.59 bits per heavy atom. The van der Waals surface area contributed by atoms with Gasteiger partial charge >= 0.3 is 7.60 Å². The maximum absolute atomic E-state index is 12.8. The molecule has 3 aromatic carbocycles. The van der Waals surface area contributed by atoms with E-state index in [-0.39, 0.29) is 11.5 Å². The van der Waals surface area contributed by atoms with Crippen molar-refractivity contribution in [2.45, 2.75) is 26.4 Å². The van der Waals surface area contributed by atoms with Crippen LogP contribution in [0.4, 0.5) is 0 Å². The maximum Gasteiger partial charge on any atom is 0.377 e. The van der Waals surface area contributed by atoms with Crippen LogP contribution in [0.1, 0.15) is 20.3 Å². The Labute approximate surface area is 183 Å². The molecule has 0 radical (unpaired) electrons. The number of hydrogen-bond acceptors (Lipinski definition) is 3. The van der Waals surface area contributed by atoms with Crippen molar-refractivity contribution in [2.75, 3.05) is 0 Å². The van der Waals surface area contributed by atoms with Gasteiger partial charge in [0.05, 0.1) is 11.6 Å². The molecule has 0 spiro atoms. The van der Waals surface area contributed by atoms with Gasteiger partial charge in [-0.15, -0.1) is 0 Å². The Kier molecular flexibility index (Phi) is 5.76. The molecule has 0 amide bonds. The predicted octanol–water partition coefficient (Wildman–Crippen LogP) is 6.29. The lowest BCUT2D eigenvalue weighted by Gasteiger charge is -2.17. The van der Waals surface area contributed by atoms with Crippen LogP contribution in [0, 0.1) is 3.57 Å². The summed E-state index contributed by atoms with van der Waals surface area (Å²) in [5, 5.41) is 3.18. The summed E-state index contributed by atoms with van der Waals surface area (Å²) in [4.78, 5) is 15.1. The van der Waals surface area contributed by atoms with Gasteiger partial charge in [0.15, 0.2) is 5.44 Å². The second-order valence-corrected chi connectivity index (χ2v) is 10.0. The monoisotopic (exact) mass is 517 g/mol. The SMILES string of the molecule is CCC(C)OP(=O)(O)c1ccc2cc(I)cc(-c3cccc4ccccc34)c2n1. The summed E-state index contributed by atoms with van der Waals surface area (Å²) in [6, 6.07) is 21.9. The topological polar surface area (TPSA) is 59.4 Å². The van der Waals surface area contributed by atoms with E-state index in [1.165, 1.54) is 0 Å². The van der Waals surface area contributed by atoms with E-state index in [9.17, 15) is 9.46 Å². The van der Waals surface area contributed by atoms with E-state index in [0.29, 0.717) is 11.9 Å². The highest BCUT2D eigenvalue weighted by atomic mass is 127. The Balaban J connectivity index is 1.96. The molecule has 0 saturated heterocycles. The van der Waals surface area contributed by atoms with E-state index in [4.69, 9.17) is 4.52 Å². The molecular weight excluding hydrogens is 496 g/mol. The Hall–Kier alpha value is -1.79. The number of aromatic nitrogens is 1. The molecule has 1 N–H and O–H groups in total. The molecule has 4 nitrogen and oxygen atoms in total. The Bertz CT molecular complexity index is 1250. The zero-order valence-electron chi connectivity index (χ0n) is 16.2. The van der Waals surface area contributed by atoms with E-state index >= 15 is 0 Å². The van der Waals surface area contributed by atoms with Gasteiger partial charge in [-0.3, -0.25) is 4.57 Å². The number of hydrogen-bond donors (Lipinski definition) is 1. The second-order valence-electron chi connectivity index (χ2n) is 7.07. The largest absolute Gasteiger partial charge is 0.377 e. The van der Waals surface area contributed by atoms with Gasteiger partial charge < -0.3 is 9.42 Å². The lowest BCUT2D eigenvalue weighted by atomic mass is 9.96. The molecule has 1 heterocycles. The Morgan fingerprint density at radius 1 is 1.03 bits per heavy atom. The third-order valence-electron chi connectivity index (χ3n) is 5.01. The van der Waals surface area contributed by atoms with Crippen LogP contribution < -0.4 is 5.44 Å². The van der Waals surface area contributed by atoms with E-state index in [1.54, 1.807) is 13.0 Å². The highest BCUT2D eigenvalue weighted by Crippen LogP contribution is 2.43. The predicted molar refractivity (Wildman–Crippen MR) is 128 cm³/mol. The summed E-state index contributed by atoms with van der Waals surface area (Å²) in [7, 11) is -4.01. The van der Waals surface area contributed by atoms with Gasteiger partial charge in [-0.2, -0.15) is 0 Å². The molecular formula is C23H21INO3P. The van der Waals surface area contributed by atoms with Gasteiger partial charge in [0, 0.05) is 14.5 Å². The van der Waals surface area contributed by atoms with E-state index in [1.807, 2.05) is 37.3 Å². The van der Waals surface area contributed by atoms with Crippen molar-refractivity contribution in [3.8, 4) is 11.1 Å². The van der Waals surface area contributed by atoms with Gasteiger partial charge in [0.1, 0.15) is 0 Å². The van der Waals surface area contributed by atoms with Crippen molar-refractivity contribution < 1.29 is 14.0 Å². The summed E-state index contributed by atoms with van der Waals surface area (Å²) in [5.74, 6) is 0. The van der Waals surface area contributed by atoms with Gasteiger partial charge in [-0.1, -0.05) is 55.5 Å². The van der Waals surface area contributed by atoms with Gasteiger partial charge in [0.2, 0.25) is 0 Å². The van der Waals surface area contributed by atoms with Crippen LogP contribution in [-0.2, 0) is 9.09 Å². The van der Waals surface area contributed by atoms with Crippen molar-refractivity contribution in [1.82, 2.24) is 4.98 Å². The van der Waals surface area contributed by atoms with Gasteiger partial charge in [-0.05, 0) is 70.5 Å². The average Bonchev–Trinajstić information content (AvgIpc) is 2.72. The third kappa shape index (κ3) is 4.10. The smallest absolute Gasteiger partial charge is 0.320 e. The van der Waals surface area contributed by atoms with Crippen molar-refractivity contribution in [1.29, 1.82) is 0 Å². The lowest BCUT2D eigenvalue weighted by Crippen LogP contribution is -2.16. The molecule has 0 bridgehead atoms. The van der Waals surface area contributed by atoms with Crippen LogP contribution in [0.15, 0.2) is 66.7 Å². The number of fused-ring (bicyclic) bond motifs is 2. The number of nitrogens with zero attached hydrogens (tertiary/aromatic N) is 1. The first-order chi connectivity index (χ1) is 13.9. The third-order valence-corrected chi connectivity index (χ3v) is 7.11. The minimum absolute atomic E-state index is 0.0768. The molecule has 4 aromatic rings. The molecule has 148 valence electrons. The molecule has 0 aliphatic heterocycles. The fraction of sp³-hybridized carbons (Fsp3) is 0.174. The zero-order chi connectivity index (χ0) is 20.6. The molecule has 2 atom stereocenters. The highest BCUT2D eigenvalue weighted by molar-refractivity contribution is 14.1. The summed E-state index contributed by atoms with van der Waals surface area (Å²) in [6.45, 7) is 3.70. The molecule has 1 aromatic heterocycles. The standard InChI is InChI=1S/C23H21INO3P/c1-3-15(2)28-29(26,27)22-12-11-17-13-18(24)14-21(23(17)25-22)20-10-6-8-16-7-4-5-9-19(16)20/h4-15H,3H2,1-2H3,(H,26,27). The fourth-order valence-corrected chi connectivity index (χ4v) is 5.26. The first-order valence-corrected chi connectivity index (χ1v) is 12.1. The zero-order valence-corrected chi connectivity index (χ0v) is 19.2. The average molecular weight is 517 g/mol. The van der Waals surface area contributed by atoms with Crippen LogP contribution in [0.5, 0.6) is 0 Å². The minimum Gasteiger partial charge on any atom is -0.320 e. The van der Waals surface area contributed by atoms with Crippen molar-refractivity contribution >= 4 is 57.3 Å². The first kappa shape index (κ1) is 20.5. The molecule has 0 saturated carbocycles. The first-order valence-electron chi connectivity index (χ1n) is 9.49. The van der Waals surface area contributed by atoms with Crippen LogP contribution >= 0.6 is 30.2 Å². The quantitative estimate of drug-likeness (QED) is 0.250. The molecule has 2 unspecified atom stereocenters. The summed E-state index contributed by atoms with van der Waals surface area (Å²) in [6.07, 6.45) is 0.329. The number of benzene rings is 3. The van der Waals surface area contributed by atoms with E-state index in [0.717, 1.165) is 30.9 Å². The minimum atomic E-state index is -4.01. The summed E-state index contributed by atoms with van der Waals surface area (Å²) < 4.78 is 19.3. The molecule has 6 heteroatoms. The van der Waals surface area contributed by atoms with Crippen molar-refractivity contribution in [2.24, 2.45) is 0 Å². The molecule has 0 aliphatic rings. The molecule has 4 rings (SSSR count). The van der Waals surface area contributed by atoms with Crippen LogP contribution in [0.2, 0.25) is 0 Å². The van der Waals surface area contributed by atoms with Crippen LogP contribution in [0.3, 0.4) is 0 Å². The fourth-order valence-electron chi connectivity index (χ4n) is 3.38. The summed E-state index contributed by atoms with van der Waals surface area (Å²) >= 11 is 2.29.